The summed E-state index contributed by atoms with van der Waals surface area (Å²) in [6, 6.07) is 14.4. The largest absolute Gasteiger partial charge is 0.496 e. The van der Waals surface area contributed by atoms with E-state index in [4.69, 9.17) is 4.74 Å². The molecule has 0 saturated heterocycles. The Morgan fingerprint density at radius 3 is 2.76 bits per heavy atom. The lowest BCUT2D eigenvalue weighted by Gasteiger charge is -2.18. The van der Waals surface area contributed by atoms with E-state index in [0.29, 0.717) is 6.54 Å². The Hall–Kier alpha value is -2.66. The van der Waals surface area contributed by atoms with Crippen LogP contribution in [0.2, 0.25) is 0 Å². The molecule has 3 aromatic rings. The maximum absolute atomic E-state index is 5.50. The molecular formula is C20H24N4O. The summed E-state index contributed by atoms with van der Waals surface area (Å²) in [5.41, 5.74) is 3.54. The van der Waals surface area contributed by atoms with E-state index in [9.17, 15) is 0 Å². The molecule has 2 aromatic heterocycles. The number of hydrogen-bond donors (Lipinski definition) is 0. The normalized spacial score (nSPS) is 11.0. The van der Waals surface area contributed by atoms with E-state index >= 15 is 0 Å². The second-order valence-electron chi connectivity index (χ2n) is 6.16. The van der Waals surface area contributed by atoms with Gasteiger partial charge < -0.3 is 9.64 Å². The van der Waals surface area contributed by atoms with E-state index in [0.717, 1.165) is 36.5 Å². The Labute approximate surface area is 148 Å². The van der Waals surface area contributed by atoms with Crippen molar-refractivity contribution in [3.8, 4) is 5.75 Å². The molecule has 130 valence electrons. The predicted molar refractivity (Wildman–Crippen MR) is 98.6 cm³/mol. The lowest BCUT2D eigenvalue weighted by Crippen LogP contribution is -2.21. The van der Waals surface area contributed by atoms with Crippen LogP contribution in [0.25, 0.3) is 0 Å². The fraction of sp³-hybridized carbons (Fsp3) is 0.300. The summed E-state index contributed by atoms with van der Waals surface area (Å²) in [5, 5.41) is 4.28. The van der Waals surface area contributed by atoms with E-state index < -0.39 is 0 Å². The molecule has 0 atom stereocenters. The molecule has 0 aliphatic rings. The third-order valence-electron chi connectivity index (χ3n) is 4.16. The first-order chi connectivity index (χ1) is 12.2. The second-order valence-corrected chi connectivity index (χ2v) is 6.16. The lowest BCUT2D eigenvalue weighted by atomic mass is 10.1. The topological polar surface area (TPSA) is 43.2 Å². The van der Waals surface area contributed by atoms with Crippen LogP contribution in [0.1, 0.15) is 16.8 Å². The van der Waals surface area contributed by atoms with Crippen LogP contribution in [0, 0.1) is 0 Å². The molecule has 0 spiro atoms. The molecule has 0 N–H and O–H groups in total. The lowest BCUT2D eigenvalue weighted by molar-refractivity contribution is 0.329. The average molecular weight is 336 g/mol. The zero-order valence-electron chi connectivity index (χ0n) is 14.8. The first kappa shape index (κ1) is 17.2. The van der Waals surface area contributed by atoms with Gasteiger partial charge in [0.05, 0.1) is 13.7 Å². The van der Waals surface area contributed by atoms with Gasteiger partial charge in [0.15, 0.2) is 0 Å². The van der Waals surface area contributed by atoms with Gasteiger partial charge in [-0.3, -0.25) is 9.67 Å². The number of aromatic nitrogens is 3. The van der Waals surface area contributed by atoms with Crippen LogP contribution in [-0.2, 0) is 19.5 Å². The van der Waals surface area contributed by atoms with Crippen LogP contribution in [-0.4, -0.2) is 40.4 Å². The van der Waals surface area contributed by atoms with Crippen LogP contribution >= 0.6 is 0 Å². The van der Waals surface area contributed by atoms with E-state index in [1.54, 1.807) is 13.3 Å². The van der Waals surface area contributed by atoms with Gasteiger partial charge in [-0.15, -0.1) is 0 Å². The molecule has 2 heterocycles. The summed E-state index contributed by atoms with van der Waals surface area (Å²) < 4.78 is 7.41. The number of ether oxygens (including phenoxy) is 1. The van der Waals surface area contributed by atoms with E-state index in [1.807, 2.05) is 41.3 Å². The number of rotatable bonds is 8. The molecule has 3 rings (SSSR count). The minimum atomic E-state index is 0.710. The quantitative estimate of drug-likeness (QED) is 0.634. The summed E-state index contributed by atoms with van der Waals surface area (Å²) in [4.78, 5) is 6.70. The highest BCUT2D eigenvalue weighted by Crippen LogP contribution is 2.21. The highest BCUT2D eigenvalue weighted by Gasteiger charge is 2.08. The van der Waals surface area contributed by atoms with E-state index in [2.05, 4.69) is 40.2 Å². The molecule has 5 heteroatoms. The Morgan fingerprint density at radius 2 is 2.04 bits per heavy atom. The zero-order valence-corrected chi connectivity index (χ0v) is 14.8. The van der Waals surface area contributed by atoms with Crippen molar-refractivity contribution in [3.63, 3.8) is 0 Å². The summed E-state index contributed by atoms with van der Waals surface area (Å²) in [5.74, 6) is 0.899. The molecule has 5 nitrogen and oxygen atoms in total. The van der Waals surface area contributed by atoms with Gasteiger partial charge in [-0.1, -0.05) is 12.1 Å². The minimum Gasteiger partial charge on any atom is -0.496 e. The van der Waals surface area contributed by atoms with Crippen molar-refractivity contribution in [1.29, 1.82) is 0 Å². The van der Waals surface area contributed by atoms with E-state index in [-0.39, 0.29) is 0 Å². The first-order valence-electron chi connectivity index (χ1n) is 8.46. The minimum absolute atomic E-state index is 0.710. The molecule has 25 heavy (non-hydrogen) atoms. The highest BCUT2D eigenvalue weighted by atomic mass is 16.5. The van der Waals surface area contributed by atoms with Crippen molar-refractivity contribution in [2.75, 3.05) is 20.7 Å². The van der Waals surface area contributed by atoms with Gasteiger partial charge in [-0.05, 0) is 42.9 Å². The highest BCUT2D eigenvalue weighted by molar-refractivity contribution is 5.37. The molecule has 0 unspecified atom stereocenters. The van der Waals surface area contributed by atoms with Crippen molar-refractivity contribution >= 4 is 0 Å². The fourth-order valence-electron chi connectivity index (χ4n) is 2.86. The molecule has 0 aliphatic heterocycles. The molecule has 0 aliphatic carbocycles. The van der Waals surface area contributed by atoms with Crippen molar-refractivity contribution in [3.05, 3.63) is 77.9 Å². The van der Waals surface area contributed by atoms with Crippen LogP contribution in [0.4, 0.5) is 0 Å². The number of pyridine rings is 1. The summed E-state index contributed by atoms with van der Waals surface area (Å²) >= 11 is 0. The number of benzene rings is 1. The average Bonchev–Trinajstić information content (AvgIpc) is 3.14. The Morgan fingerprint density at radius 1 is 1.12 bits per heavy atom. The van der Waals surface area contributed by atoms with Crippen molar-refractivity contribution in [2.45, 2.75) is 19.5 Å². The smallest absolute Gasteiger partial charge is 0.123 e. The van der Waals surface area contributed by atoms with Crippen LogP contribution in [0.15, 0.2) is 61.1 Å². The van der Waals surface area contributed by atoms with Gasteiger partial charge >= 0.3 is 0 Å². The SMILES string of the molecule is COc1ccc(CN(C)CCc2ccccn2)cc1Cn1cccn1. The monoisotopic (exact) mass is 336 g/mol. The van der Waals surface area contributed by atoms with Gasteiger partial charge in [-0.25, -0.2) is 0 Å². The third kappa shape index (κ3) is 4.90. The third-order valence-corrected chi connectivity index (χ3v) is 4.16. The second kappa shape index (κ2) is 8.44. The predicted octanol–water partition coefficient (Wildman–Crippen LogP) is 3.01. The zero-order chi connectivity index (χ0) is 17.5. The Kier molecular flexibility index (Phi) is 5.80. The van der Waals surface area contributed by atoms with Crippen molar-refractivity contribution in [1.82, 2.24) is 19.7 Å². The number of methoxy groups -OCH3 is 1. The first-order valence-corrected chi connectivity index (χ1v) is 8.46. The van der Waals surface area contributed by atoms with Crippen molar-refractivity contribution < 1.29 is 4.74 Å². The van der Waals surface area contributed by atoms with Crippen LogP contribution in [0.5, 0.6) is 5.75 Å². The Bertz CT molecular complexity index is 772. The number of nitrogens with zero attached hydrogens (tertiary/aromatic N) is 4. The maximum atomic E-state index is 5.50. The van der Waals surface area contributed by atoms with Crippen molar-refractivity contribution in [2.24, 2.45) is 0 Å². The molecule has 1 aromatic carbocycles. The van der Waals surface area contributed by atoms with Gasteiger partial charge in [0.25, 0.3) is 0 Å². The van der Waals surface area contributed by atoms with Crippen LogP contribution in [0.3, 0.4) is 0 Å². The standard InChI is InChI=1S/C20H24N4O/c1-23(13-9-19-6-3-4-10-21-19)15-17-7-8-20(25-2)18(14-17)16-24-12-5-11-22-24/h3-8,10-12,14H,9,13,15-16H2,1-2H3. The number of hydrogen-bond acceptors (Lipinski definition) is 4. The molecular weight excluding hydrogens is 312 g/mol. The van der Waals surface area contributed by atoms with E-state index in [1.165, 1.54) is 5.56 Å². The van der Waals surface area contributed by atoms with Gasteiger partial charge in [-0.2, -0.15) is 5.10 Å². The fourth-order valence-corrected chi connectivity index (χ4v) is 2.86. The summed E-state index contributed by atoms with van der Waals surface area (Å²) in [6.07, 6.45) is 6.56. The maximum Gasteiger partial charge on any atom is 0.123 e. The summed E-state index contributed by atoms with van der Waals surface area (Å²) in [6.45, 7) is 2.57. The number of likely N-dealkylation sites (N-methyl/N-ethyl adjacent to an activating group) is 1. The molecule has 0 bridgehead atoms. The molecule has 0 fully saturated rings. The van der Waals surface area contributed by atoms with Gasteiger partial charge in [0.2, 0.25) is 0 Å². The summed E-state index contributed by atoms with van der Waals surface area (Å²) in [7, 11) is 3.85. The van der Waals surface area contributed by atoms with Crippen LogP contribution < -0.4 is 4.74 Å². The molecule has 0 saturated carbocycles. The van der Waals surface area contributed by atoms with Gasteiger partial charge in [0, 0.05) is 49.4 Å². The Balaban J connectivity index is 1.63. The van der Waals surface area contributed by atoms with Gasteiger partial charge in [0.1, 0.15) is 5.75 Å². The molecule has 0 radical (unpaired) electrons. The molecule has 0 amide bonds.